The highest BCUT2D eigenvalue weighted by Gasteiger charge is 2.31. The number of aliphatic hydroxyl groups excluding tert-OH is 1. The van der Waals surface area contributed by atoms with E-state index in [0.717, 1.165) is 17.7 Å². The molecule has 8 heteroatoms. The zero-order chi connectivity index (χ0) is 15.5. The van der Waals surface area contributed by atoms with Crippen molar-refractivity contribution in [3.8, 4) is 5.88 Å². The summed E-state index contributed by atoms with van der Waals surface area (Å²) in [6.45, 7) is -1.29. The minimum atomic E-state index is -4.38. The SMILES string of the molecule is Nc1ccc(N(CCO)CC(F)(F)F)nc1OCC1CC1. The van der Waals surface area contributed by atoms with Gasteiger partial charge in [-0.1, -0.05) is 0 Å². The van der Waals surface area contributed by atoms with E-state index in [0.29, 0.717) is 12.5 Å². The first kappa shape index (κ1) is 15.7. The van der Waals surface area contributed by atoms with Gasteiger partial charge in [0.25, 0.3) is 0 Å². The van der Waals surface area contributed by atoms with E-state index >= 15 is 0 Å². The fraction of sp³-hybridized carbons (Fsp3) is 0.615. The van der Waals surface area contributed by atoms with Crippen LogP contribution in [0.2, 0.25) is 0 Å². The van der Waals surface area contributed by atoms with Crippen LogP contribution in [0.25, 0.3) is 0 Å². The predicted octanol–water partition coefficient (Wildman–Crippen LogP) is 1.81. The molecule has 0 atom stereocenters. The Morgan fingerprint density at radius 1 is 1.38 bits per heavy atom. The van der Waals surface area contributed by atoms with Gasteiger partial charge in [-0.05, 0) is 30.9 Å². The maximum atomic E-state index is 12.5. The third-order valence-corrected chi connectivity index (χ3v) is 3.09. The summed E-state index contributed by atoms with van der Waals surface area (Å²) >= 11 is 0. The van der Waals surface area contributed by atoms with Crippen LogP contribution in [0.5, 0.6) is 5.88 Å². The van der Waals surface area contributed by atoms with Gasteiger partial charge < -0.3 is 20.5 Å². The number of anilines is 2. The van der Waals surface area contributed by atoms with Crippen molar-refractivity contribution in [2.75, 3.05) is 36.9 Å². The van der Waals surface area contributed by atoms with E-state index in [2.05, 4.69) is 4.98 Å². The molecule has 0 saturated heterocycles. The lowest BCUT2D eigenvalue weighted by Crippen LogP contribution is -2.36. The van der Waals surface area contributed by atoms with Crippen molar-refractivity contribution in [3.05, 3.63) is 12.1 Å². The second kappa shape index (κ2) is 6.38. The average molecular weight is 305 g/mol. The maximum absolute atomic E-state index is 12.5. The average Bonchev–Trinajstić information content (AvgIpc) is 3.20. The van der Waals surface area contributed by atoms with Crippen LogP contribution in [0.3, 0.4) is 0 Å². The van der Waals surface area contributed by atoms with Gasteiger partial charge in [0.2, 0.25) is 5.88 Å². The molecule has 3 N–H and O–H groups in total. The summed E-state index contributed by atoms with van der Waals surface area (Å²) in [7, 11) is 0. The summed E-state index contributed by atoms with van der Waals surface area (Å²) in [5, 5.41) is 8.91. The van der Waals surface area contributed by atoms with Gasteiger partial charge in [-0.2, -0.15) is 18.2 Å². The molecule has 0 unspecified atom stereocenters. The number of hydrogen-bond donors (Lipinski definition) is 2. The number of aliphatic hydroxyl groups is 1. The van der Waals surface area contributed by atoms with Crippen molar-refractivity contribution in [1.29, 1.82) is 0 Å². The van der Waals surface area contributed by atoms with Crippen LogP contribution < -0.4 is 15.4 Å². The Morgan fingerprint density at radius 2 is 2.10 bits per heavy atom. The third-order valence-electron chi connectivity index (χ3n) is 3.09. The van der Waals surface area contributed by atoms with Gasteiger partial charge in [0.15, 0.2) is 0 Å². The van der Waals surface area contributed by atoms with Crippen LogP contribution in [0.4, 0.5) is 24.7 Å². The Morgan fingerprint density at radius 3 is 2.67 bits per heavy atom. The van der Waals surface area contributed by atoms with Crippen LogP contribution >= 0.6 is 0 Å². The topological polar surface area (TPSA) is 71.6 Å². The summed E-state index contributed by atoms with van der Waals surface area (Å²) in [6.07, 6.45) is -2.21. The number of alkyl halides is 3. The smallest absolute Gasteiger partial charge is 0.405 e. The molecule has 5 nitrogen and oxygen atoms in total. The second-order valence-corrected chi connectivity index (χ2v) is 5.08. The Hall–Kier alpha value is -1.70. The van der Waals surface area contributed by atoms with Crippen LogP contribution in [-0.2, 0) is 0 Å². The molecule has 1 aromatic rings. The Bertz CT molecular complexity index is 478. The van der Waals surface area contributed by atoms with E-state index in [1.54, 1.807) is 0 Å². The molecule has 0 spiro atoms. The first-order valence-corrected chi connectivity index (χ1v) is 6.71. The van der Waals surface area contributed by atoms with E-state index in [1.165, 1.54) is 12.1 Å². The molecule has 2 rings (SSSR count). The number of nitrogens with two attached hydrogens (primary N) is 1. The lowest BCUT2D eigenvalue weighted by molar-refractivity contribution is -0.120. The van der Waals surface area contributed by atoms with Crippen molar-refractivity contribution in [2.24, 2.45) is 5.92 Å². The Kier molecular flexibility index (Phi) is 4.76. The number of rotatable bonds is 7. The lowest BCUT2D eigenvalue weighted by atomic mass is 10.3. The molecular weight excluding hydrogens is 287 g/mol. The largest absolute Gasteiger partial charge is 0.476 e. The number of aromatic nitrogens is 1. The quantitative estimate of drug-likeness (QED) is 0.804. The van der Waals surface area contributed by atoms with Crippen molar-refractivity contribution < 1.29 is 23.0 Å². The highest BCUT2D eigenvalue weighted by Crippen LogP contribution is 2.31. The van der Waals surface area contributed by atoms with E-state index in [4.69, 9.17) is 15.6 Å². The summed E-state index contributed by atoms with van der Waals surface area (Å²) in [5.41, 5.74) is 6.01. The molecule has 0 aliphatic heterocycles. The molecule has 118 valence electrons. The first-order valence-electron chi connectivity index (χ1n) is 6.71. The van der Waals surface area contributed by atoms with Gasteiger partial charge in [-0.15, -0.1) is 0 Å². The van der Waals surface area contributed by atoms with Gasteiger partial charge in [-0.25, -0.2) is 0 Å². The summed E-state index contributed by atoms with van der Waals surface area (Å²) in [4.78, 5) is 4.99. The van der Waals surface area contributed by atoms with Gasteiger partial charge in [0.05, 0.1) is 18.9 Å². The normalized spacial score (nSPS) is 15.0. The fourth-order valence-corrected chi connectivity index (χ4v) is 1.83. The number of ether oxygens (including phenoxy) is 1. The fourth-order valence-electron chi connectivity index (χ4n) is 1.83. The van der Waals surface area contributed by atoms with Crippen LogP contribution in [-0.4, -0.2) is 42.6 Å². The van der Waals surface area contributed by atoms with Gasteiger partial charge >= 0.3 is 6.18 Å². The monoisotopic (exact) mass is 305 g/mol. The lowest BCUT2D eigenvalue weighted by Gasteiger charge is -2.24. The number of nitrogens with zero attached hydrogens (tertiary/aromatic N) is 2. The summed E-state index contributed by atoms with van der Waals surface area (Å²) < 4.78 is 43.1. The highest BCUT2D eigenvalue weighted by atomic mass is 19.4. The highest BCUT2D eigenvalue weighted by molar-refractivity contribution is 5.54. The van der Waals surface area contributed by atoms with Crippen LogP contribution in [0.1, 0.15) is 12.8 Å². The van der Waals surface area contributed by atoms with E-state index < -0.39 is 19.3 Å². The number of nitrogen functional groups attached to an aromatic ring is 1. The molecule has 0 radical (unpaired) electrons. The molecule has 1 heterocycles. The van der Waals surface area contributed by atoms with Crippen molar-refractivity contribution >= 4 is 11.5 Å². The van der Waals surface area contributed by atoms with Crippen molar-refractivity contribution in [2.45, 2.75) is 19.0 Å². The molecule has 1 aromatic heterocycles. The van der Waals surface area contributed by atoms with Crippen LogP contribution in [0, 0.1) is 5.92 Å². The minimum Gasteiger partial charge on any atom is -0.476 e. The number of hydrogen-bond acceptors (Lipinski definition) is 5. The summed E-state index contributed by atoms with van der Waals surface area (Å²) in [6, 6.07) is 2.85. The van der Waals surface area contributed by atoms with Crippen molar-refractivity contribution in [3.63, 3.8) is 0 Å². The Balaban J connectivity index is 2.12. The summed E-state index contributed by atoms with van der Waals surface area (Å²) in [5.74, 6) is 0.712. The van der Waals surface area contributed by atoms with Gasteiger partial charge in [0.1, 0.15) is 12.4 Å². The molecule has 1 saturated carbocycles. The molecule has 0 amide bonds. The van der Waals surface area contributed by atoms with Crippen LogP contribution in [0.15, 0.2) is 12.1 Å². The predicted molar refractivity (Wildman–Crippen MR) is 72.2 cm³/mol. The van der Waals surface area contributed by atoms with Gasteiger partial charge in [-0.3, -0.25) is 0 Å². The Labute approximate surface area is 120 Å². The first-order chi connectivity index (χ1) is 9.89. The molecule has 1 aliphatic carbocycles. The minimum absolute atomic E-state index is 0.0846. The molecule has 0 aromatic carbocycles. The molecule has 0 bridgehead atoms. The molecule has 21 heavy (non-hydrogen) atoms. The van der Waals surface area contributed by atoms with E-state index in [1.807, 2.05) is 0 Å². The molecule has 1 aliphatic rings. The zero-order valence-corrected chi connectivity index (χ0v) is 11.4. The number of halogens is 3. The second-order valence-electron chi connectivity index (χ2n) is 5.08. The molecule has 1 fully saturated rings. The van der Waals surface area contributed by atoms with Crippen molar-refractivity contribution in [1.82, 2.24) is 4.98 Å². The number of pyridine rings is 1. The standard InChI is InChI=1S/C13H18F3N3O2/c14-13(15,16)8-19(5-6-20)11-4-3-10(17)12(18-11)21-7-9-1-2-9/h3-4,9,20H,1-2,5-8,17H2. The van der Waals surface area contributed by atoms with E-state index in [9.17, 15) is 13.2 Å². The third kappa shape index (κ3) is 4.96. The van der Waals surface area contributed by atoms with E-state index in [-0.39, 0.29) is 23.9 Å². The molecular formula is C13H18F3N3O2. The van der Waals surface area contributed by atoms with Gasteiger partial charge in [0, 0.05) is 6.54 Å². The maximum Gasteiger partial charge on any atom is 0.405 e. The zero-order valence-electron chi connectivity index (χ0n) is 11.4.